The summed E-state index contributed by atoms with van der Waals surface area (Å²) in [6.45, 7) is 4.56. The molecule has 32 heavy (non-hydrogen) atoms. The van der Waals surface area contributed by atoms with Gasteiger partial charge in [-0.3, -0.25) is 0 Å². The maximum atomic E-state index is 10.3. The van der Waals surface area contributed by atoms with Crippen molar-refractivity contribution in [2.24, 2.45) is 0 Å². The average Bonchev–Trinajstić information content (AvgIpc) is 2.75. The van der Waals surface area contributed by atoms with Crippen LogP contribution in [-0.2, 0) is 12.8 Å². The molecule has 0 saturated heterocycles. The van der Waals surface area contributed by atoms with Gasteiger partial charge >= 0.3 is 6.16 Å². The summed E-state index contributed by atoms with van der Waals surface area (Å²) in [4.78, 5) is 8.56. The van der Waals surface area contributed by atoms with E-state index >= 15 is 0 Å². The Balaban J connectivity index is 0.00000220. The highest BCUT2D eigenvalue weighted by atomic mass is 16.6. The lowest BCUT2D eigenvalue weighted by atomic mass is 9.95. The Labute approximate surface area is 197 Å². The van der Waals surface area contributed by atoms with Gasteiger partial charge in [-0.05, 0) is 42.9 Å². The zero-order valence-corrected chi connectivity index (χ0v) is 20.9. The lowest BCUT2D eigenvalue weighted by Crippen LogP contribution is -1.96. The quantitative estimate of drug-likeness (QED) is 0.183. The number of phenolic OH excluding ortho intramolecular Hbond substituents is 1. The van der Waals surface area contributed by atoms with E-state index in [1.165, 1.54) is 120 Å². The molecular weight excluding hydrogens is 400 g/mol. The van der Waals surface area contributed by atoms with E-state index in [1.54, 1.807) is 0 Å². The topological polar surface area (TPSA) is 77.8 Å². The smallest absolute Gasteiger partial charge is 0.503 e. The van der Waals surface area contributed by atoms with Gasteiger partial charge in [-0.2, -0.15) is 0 Å². The van der Waals surface area contributed by atoms with Crippen molar-refractivity contribution in [1.82, 2.24) is 0 Å². The third-order valence-electron chi connectivity index (χ3n) is 6.08. The van der Waals surface area contributed by atoms with Gasteiger partial charge in [0.25, 0.3) is 0 Å². The van der Waals surface area contributed by atoms with Crippen LogP contribution in [0.25, 0.3) is 0 Å². The van der Waals surface area contributed by atoms with Crippen LogP contribution in [0.4, 0.5) is 4.79 Å². The third kappa shape index (κ3) is 19.0. The summed E-state index contributed by atoms with van der Waals surface area (Å²) in [5.74, 6) is 0.524. The fraction of sp³-hybridized carbons (Fsp3) is 0.750. The Morgan fingerprint density at radius 1 is 0.625 bits per heavy atom. The minimum Gasteiger partial charge on any atom is -0.508 e. The van der Waals surface area contributed by atoms with E-state index in [9.17, 15) is 5.11 Å². The Bertz CT molecular complexity index is 552. The van der Waals surface area contributed by atoms with Gasteiger partial charge in [-0.25, -0.2) is 4.79 Å². The van der Waals surface area contributed by atoms with E-state index in [4.69, 9.17) is 15.0 Å². The Morgan fingerprint density at radius 2 is 1.00 bits per heavy atom. The Morgan fingerprint density at radius 3 is 1.44 bits per heavy atom. The third-order valence-corrected chi connectivity index (χ3v) is 6.08. The van der Waals surface area contributed by atoms with Crippen LogP contribution in [0.5, 0.6) is 5.75 Å². The molecule has 0 spiro atoms. The van der Waals surface area contributed by atoms with Crippen molar-refractivity contribution in [2.75, 3.05) is 0 Å². The summed E-state index contributed by atoms with van der Waals surface area (Å²) >= 11 is 0. The van der Waals surface area contributed by atoms with Crippen molar-refractivity contribution >= 4 is 6.16 Å². The number of carbonyl (C=O) groups is 1. The molecule has 0 radical (unpaired) electrons. The van der Waals surface area contributed by atoms with Crippen LogP contribution in [-0.4, -0.2) is 21.5 Å². The van der Waals surface area contributed by atoms with E-state index in [-0.39, 0.29) is 0 Å². The number of carboxylic acid groups (broad SMARTS) is 2. The van der Waals surface area contributed by atoms with E-state index in [0.717, 1.165) is 12.8 Å². The number of phenols is 1. The fourth-order valence-electron chi connectivity index (χ4n) is 4.21. The minimum atomic E-state index is -1.83. The second-order valence-corrected chi connectivity index (χ2v) is 9.00. The van der Waals surface area contributed by atoms with Crippen molar-refractivity contribution < 1.29 is 20.1 Å². The van der Waals surface area contributed by atoms with E-state index in [2.05, 4.69) is 19.9 Å². The SMILES string of the molecule is CCCCCCCCCCCCc1cccc(O)c1CCCCCCCCC.O=C(O)O. The number of rotatable bonds is 19. The van der Waals surface area contributed by atoms with Crippen LogP contribution in [0.2, 0.25) is 0 Å². The summed E-state index contributed by atoms with van der Waals surface area (Å²) in [6, 6.07) is 6.14. The maximum absolute atomic E-state index is 10.3. The molecule has 0 heterocycles. The van der Waals surface area contributed by atoms with Crippen molar-refractivity contribution in [3.8, 4) is 5.75 Å². The molecule has 0 aliphatic heterocycles. The zero-order valence-electron chi connectivity index (χ0n) is 20.9. The first-order valence-electron chi connectivity index (χ1n) is 13.2. The fourth-order valence-corrected chi connectivity index (χ4v) is 4.21. The standard InChI is InChI=1S/C27H48O.CH2O3/c1-3-5-7-9-11-12-13-15-16-18-21-25-22-20-24-27(28)26(25)23-19-17-14-10-8-6-4-2;2-1(3)4/h20,22,24,28H,3-19,21,23H2,1-2H3;(H2,2,3,4). The van der Waals surface area contributed by atoms with Gasteiger partial charge in [0, 0.05) is 0 Å². The summed E-state index contributed by atoms with van der Waals surface area (Å²) in [5, 5.41) is 24.3. The van der Waals surface area contributed by atoms with Crippen molar-refractivity contribution in [3.05, 3.63) is 29.3 Å². The second-order valence-electron chi connectivity index (χ2n) is 9.00. The summed E-state index contributed by atoms with van der Waals surface area (Å²) in [7, 11) is 0. The molecule has 0 aliphatic carbocycles. The number of hydrogen-bond acceptors (Lipinski definition) is 2. The number of aromatic hydroxyl groups is 1. The molecule has 4 heteroatoms. The van der Waals surface area contributed by atoms with Crippen LogP contribution in [0.3, 0.4) is 0 Å². The first-order valence-corrected chi connectivity index (χ1v) is 13.2. The maximum Gasteiger partial charge on any atom is 0.503 e. The summed E-state index contributed by atoms with van der Waals surface area (Å²) in [5.41, 5.74) is 2.62. The summed E-state index contributed by atoms with van der Waals surface area (Å²) < 4.78 is 0. The number of benzene rings is 1. The molecule has 3 N–H and O–H groups in total. The first-order chi connectivity index (χ1) is 15.5. The van der Waals surface area contributed by atoms with Gasteiger partial charge in [0.05, 0.1) is 0 Å². The molecule has 0 aromatic heterocycles. The van der Waals surface area contributed by atoms with Crippen molar-refractivity contribution in [3.63, 3.8) is 0 Å². The largest absolute Gasteiger partial charge is 0.508 e. The average molecular weight is 451 g/mol. The van der Waals surface area contributed by atoms with Gasteiger partial charge in [0.2, 0.25) is 0 Å². The number of hydrogen-bond donors (Lipinski definition) is 3. The zero-order chi connectivity index (χ0) is 23.9. The van der Waals surface area contributed by atoms with Gasteiger partial charge in [0.15, 0.2) is 0 Å². The number of unbranched alkanes of at least 4 members (excludes halogenated alkanes) is 15. The molecule has 0 atom stereocenters. The molecule has 0 fully saturated rings. The first kappa shape index (κ1) is 30.3. The van der Waals surface area contributed by atoms with Crippen LogP contribution < -0.4 is 0 Å². The predicted molar refractivity (Wildman–Crippen MR) is 136 cm³/mol. The lowest BCUT2D eigenvalue weighted by Gasteiger charge is -2.12. The van der Waals surface area contributed by atoms with Gasteiger partial charge in [-0.15, -0.1) is 0 Å². The summed E-state index contributed by atoms with van der Waals surface area (Å²) in [6.07, 6.45) is 23.5. The van der Waals surface area contributed by atoms with Gasteiger partial charge < -0.3 is 15.3 Å². The minimum absolute atomic E-state index is 0.524. The van der Waals surface area contributed by atoms with Gasteiger partial charge in [0.1, 0.15) is 5.75 Å². The van der Waals surface area contributed by atoms with Crippen LogP contribution in [0.15, 0.2) is 18.2 Å². The van der Waals surface area contributed by atoms with E-state index in [1.807, 2.05) is 12.1 Å². The molecule has 0 amide bonds. The van der Waals surface area contributed by atoms with E-state index < -0.39 is 6.16 Å². The highest BCUT2D eigenvalue weighted by Crippen LogP contribution is 2.25. The van der Waals surface area contributed by atoms with Crippen LogP contribution >= 0.6 is 0 Å². The van der Waals surface area contributed by atoms with Crippen molar-refractivity contribution in [2.45, 2.75) is 136 Å². The van der Waals surface area contributed by atoms with Crippen LogP contribution in [0, 0.1) is 0 Å². The van der Waals surface area contributed by atoms with E-state index in [0.29, 0.717) is 5.75 Å². The molecule has 0 aliphatic rings. The highest BCUT2D eigenvalue weighted by Gasteiger charge is 2.07. The molecule has 186 valence electrons. The predicted octanol–water partition coefficient (Wildman–Crippen LogP) is 9.37. The van der Waals surface area contributed by atoms with Crippen molar-refractivity contribution in [1.29, 1.82) is 0 Å². The Kier molecular flexibility index (Phi) is 21.3. The monoisotopic (exact) mass is 450 g/mol. The molecule has 1 aromatic carbocycles. The molecule has 0 unspecified atom stereocenters. The number of aryl methyl sites for hydroxylation is 1. The Hall–Kier alpha value is -1.71. The second kappa shape index (κ2) is 22.5. The molecule has 1 rings (SSSR count). The molecule has 1 aromatic rings. The molecular formula is C28H50O4. The highest BCUT2D eigenvalue weighted by molar-refractivity contribution is 5.53. The normalized spacial score (nSPS) is 10.6. The molecule has 0 bridgehead atoms. The van der Waals surface area contributed by atoms with Gasteiger partial charge in [-0.1, -0.05) is 122 Å². The molecule has 4 nitrogen and oxygen atoms in total. The lowest BCUT2D eigenvalue weighted by molar-refractivity contribution is 0.137. The van der Waals surface area contributed by atoms with Crippen LogP contribution in [0.1, 0.15) is 134 Å². The molecule has 0 saturated carbocycles.